The summed E-state index contributed by atoms with van der Waals surface area (Å²) in [4.78, 5) is 23.7. The van der Waals surface area contributed by atoms with Crippen LogP contribution in [0.15, 0.2) is 24.3 Å². The van der Waals surface area contributed by atoms with Gasteiger partial charge in [0.2, 0.25) is 0 Å². The zero-order valence-electron chi connectivity index (χ0n) is 10.7. The van der Waals surface area contributed by atoms with Crippen LogP contribution in [0.1, 0.15) is 20.8 Å². The van der Waals surface area contributed by atoms with Crippen molar-refractivity contribution in [2.24, 2.45) is 0 Å². The van der Waals surface area contributed by atoms with Crippen LogP contribution in [0.2, 0.25) is 0 Å². The minimum absolute atomic E-state index is 0.0917. The molecule has 0 fully saturated rings. The van der Waals surface area contributed by atoms with Gasteiger partial charge in [0.25, 0.3) is 0 Å². The number of amides is 1. The molecule has 0 spiro atoms. The molecule has 0 saturated carbocycles. The van der Waals surface area contributed by atoms with Crippen molar-refractivity contribution < 1.29 is 19.4 Å². The van der Waals surface area contributed by atoms with Gasteiger partial charge in [-0.3, -0.25) is 4.90 Å². The van der Waals surface area contributed by atoms with E-state index in [4.69, 9.17) is 4.74 Å². The SMILES string of the molecule is CC(C)(C)OC(=O)N(CC=O)c1ccc(O)cc1. The van der Waals surface area contributed by atoms with Gasteiger partial charge in [-0.2, -0.15) is 0 Å². The Labute approximate surface area is 106 Å². The number of phenolic OH excluding ortho intramolecular Hbond substituents is 1. The van der Waals surface area contributed by atoms with Gasteiger partial charge < -0.3 is 14.6 Å². The van der Waals surface area contributed by atoms with E-state index in [0.29, 0.717) is 12.0 Å². The zero-order chi connectivity index (χ0) is 13.8. The van der Waals surface area contributed by atoms with Crippen molar-refractivity contribution in [1.29, 1.82) is 0 Å². The van der Waals surface area contributed by atoms with E-state index in [1.807, 2.05) is 0 Å². The summed E-state index contributed by atoms with van der Waals surface area (Å²) in [5.41, 5.74) is -0.135. The fraction of sp³-hybridized carbons (Fsp3) is 0.385. The number of ether oxygens (including phenoxy) is 1. The number of carbonyl (C=O) groups is 2. The molecule has 1 amide bonds. The number of aldehydes is 1. The lowest BCUT2D eigenvalue weighted by Gasteiger charge is -2.26. The van der Waals surface area contributed by atoms with Crippen LogP contribution in [-0.4, -0.2) is 29.6 Å². The van der Waals surface area contributed by atoms with Crippen LogP contribution < -0.4 is 4.90 Å². The molecule has 0 atom stereocenters. The maximum atomic E-state index is 11.9. The Kier molecular flexibility index (Phi) is 4.31. The van der Waals surface area contributed by atoms with Crippen molar-refractivity contribution in [3.8, 4) is 5.75 Å². The van der Waals surface area contributed by atoms with E-state index in [0.717, 1.165) is 0 Å². The van der Waals surface area contributed by atoms with E-state index in [1.54, 1.807) is 32.9 Å². The second kappa shape index (κ2) is 5.53. The maximum absolute atomic E-state index is 11.9. The van der Waals surface area contributed by atoms with Gasteiger partial charge in [0.05, 0.1) is 6.54 Å². The Morgan fingerprint density at radius 1 is 1.33 bits per heavy atom. The molecular formula is C13H17NO4. The molecule has 18 heavy (non-hydrogen) atoms. The quantitative estimate of drug-likeness (QED) is 0.837. The van der Waals surface area contributed by atoms with Gasteiger partial charge in [0, 0.05) is 5.69 Å². The number of aromatic hydroxyl groups is 1. The summed E-state index contributed by atoms with van der Waals surface area (Å²) in [7, 11) is 0. The first-order valence-corrected chi connectivity index (χ1v) is 5.56. The second-order valence-corrected chi connectivity index (χ2v) is 4.77. The van der Waals surface area contributed by atoms with E-state index in [9.17, 15) is 14.7 Å². The Balaban J connectivity index is 2.91. The Morgan fingerprint density at radius 3 is 2.33 bits per heavy atom. The number of benzene rings is 1. The minimum Gasteiger partial charge on any atom is -0.508 e. The van der Waals surface area contributed by atoms with Crippen LogP contribution in [0, 0.1) is 0 Å². The first kappa shape index (κ1) is 14.0. The molecule has 0 saturated heterocycles. The van der Waals surface area contributed by atoms with Crippen LogP contribution in [0.3, 0.4) is 0 Å². The van der Waals surface area contributed by atoms with Gasteiger partial charge in [0.15, 0.2) is 0 Å². The molecule has 5 nitrogen and oxygen atoms in total. The van der Waals surface area contributed by atoms with Gasteiger partial charge in [-0.05, 0) is 45.0 Å². The molecule has 0 aromatic heterocycles. The Bertz CT molecular complexity index is 420. The average Bonchev–Trinajstić information content (AvgIpc) is 2.25. The van der Waals surface area contributed by atoms with Crippen LogP contribution in [0.25, 0.3) is 0 Å². The van der Waals surface area contributed by atoms with E-state index in [1.165, 1.54) is 17.0 Å². The lowest BCUT2D eigenvalue weighted by molar-refractivity contribution is -0.106. The van der Waals surface area contributed by atoms with Gasteiger partial charge in [0.1, 0.15) is 17.6 Å². The molecule has 0 bridgehead atoms. The van der Waals surface area contributed by atoms with Crippen LogP contribution >= 0.6 is 0 Å². The molecule has 0 aliphatic heterocycles. The van der Waals surface area contributed by atoms with Gasteiger partial charge in [-0.15, -0.1) is 0 Å². The number of nitrogens with zero attached hydrogens (tertiary/aromatic N) is 1. The Hall–Kier alpha value is -2.04. The van der Waals surface area contributed by atoms with Crippen molar-refractivity contribution in [1.82, 2.24) is 0 Å². The summed E-state index contributed by atoms with van der Waals surface area (Å²) in [6.45, 7) is 5.15. The van der Waals surface area contributed by atoms with Crippen LogP contribution in [0.5, 0.6) is 5.75 Å². The molecule has 0 aliphatic rings. The summed E-state index contributed by atoms with van der Waals surface area (Å²) in [6, 6.07) is 5.97. The summed E-state index contributed by atoms with van der Waals surface area (Å²) >= 11 is 0. The largest absolute Gasteiger partial charge is 0.508 e. The van der Waals surface area contributed by atoms with E-state index in [-0.39, 0.29) is 12.3 Å². The third kappa shape index (κ3) is 4.08. The topological polar surface area (TPSA) is 66.8 Å². The zero-order valence-corrected chi connectivity index (χ0v) is 10.7. The molecule has 0 aliphatic carbocycles. The molecule has 0 heterocycles. The number of rotatable bonds is 3. The molecule has 1 aromatic carbocycles. The monoisotopic (exact) mass is 251 g/mol. The van der Waals surface area contributed by atoms with Crippen molar-refractivity contribution in [3.63, 3.8) is 0 Å². The Morgan fingerprint density at radius 2 is 1.89 bits per heavy atom. The highest BCUT2D eigenvalue weighted by Gasteiger charge is 2.22. The van der Waals surface area contributed by atoms with E-state index >= 15 is 0 Å². The number of hydrogen-bond acceptors (Lipinski definition) is 4. The minimum atomic E-state index is -0.630. The summed E-state index contributed by atoms with van der Waals surface area (Å²) in [5.74, 6) is 0.0917. The van der Waals surface area contributed by atoms with Crippen molar-refractivity contribution in [2.45, 2.75) is 26.4 Å². The summed E-state index contributed by atoms with van der Waals surface area (Å²) < 4.78 is 5.20. The predicted molar refractivity (Wildman–Crippen MR) is 67.8 cm³/mol. The molecule has 0 unspecified atom stereocenters. The fourth-order valence-electron chi connectivity index (χ4n) is 1.31. The molecule has 0 radical (unpaired) electrons. The molecular weight excluding hydrogens is 234 g/mol. The molecule has 1 rings (SSSR count). The van der Waals surface area contributed by atoms with Gasteiger partial charge >= 0.3 is 6.09 Å². The van der Waals surface area contributed by atoms with Crippen molar-refractivity contribution in [3.05, 3.63) is 24.3 Å². The van der Waals surface area contributed by atoms with Crippen LogP contribution in [-0.2, 0) is 9.53 Å². The third-order valence-electron chi connectivity index (χ3n) is 2.03. The predicted octanol–water partition coefficient (Wildman–Crippen LogP) is 2.33. The smallest absolute Gasteiger partial charge is 0.415 e. The lowest BCUT2D eigenvalue weighted by Crippen LogP contribution is -2.37. The standard InChI is InChI=1S/C13H17NO4/c1-13(2,3)18-12(17)14(8-9-15)10-4-6-11(16)7-5-10/h4-7,9,16H,8H2,1-3H3. The second-order valence-electron chi connectivity index (χ2n) is 4.77. The lowest BCUT2D eigenvalue weighted by atomic mass is 10.2. The summed E-state index contributed by atoms with van der Waals surface area (Å²) in [5, 5.41) is 9.19. The van der Waals surface area contributed by atoms with Crippen molar-refractivity contribution >= 4 is 18.1 Å². The van der Waals surface area contributed by atoms with Gasteiger partial charge in [-0.25, -0.2) is 4.79 Å². The molecule has 98 valence electrons. The fourth-order valence-corrected chi connectivity index (χ4v) is 1.31. The third-order valence-corrected chi connectivity index (χ3v) is 2.03. The van der Waals surface area contributed by atoms with Crippen LogP contribution in [0.4, 0.5) is 10.5 Å². The highest BCUT2D eigenvalue weighted by atomic mass is 16.6. The number of anilines is 1. The number of carbonyl (C=O) groups excluding carboxylic acids is 2. The first-order valence-electron chi connectivity index (χ1n) is 5.56. The maximum Gasteiger partial charge on any atom is 0.415 e. The highest BCUT2D eigenvalue weighted by Crippen LogP contribution is 2.20. The normalized spacial score (nSPS) is 10.8. The number of hydrogen-bond donors (Lipinski definition) is 1. The molecule has 5 heteroatoms. The van der Waals surface area contributed by atoms with E-state index in [2.05, 4.69) is 0 Å². The van der Waals surface area contributed by atoms with Crippen molar-refractivity contribution in [2.75, 3.05) is 11.4 Å². The molecule has 1 aromatic rings. The first-order chi connectivity index (χ1) is 8.33. The van der Waals surface area contributed by atoms with Gasteiger partial charge in [-0.1, -0.05) is 0 Å². The average molecular weight is 251 g/mol. The number of phenols is 1. The van der Waals surface area contributed by atoms with E-state index < -0.39 is 11.7 Å². The highest BCUT2D eigenvalue weighted by molar-refractivity contribution is 5.91. The summed E-state index contributed by atoms with van der Waals surface area (Å²) in [6.07, 6.45) is 0.0248. The molecule has 1 N–H and O–H groups in total.